The predicted octanol–water partition coefficient (Wildman–Crippen LogP) is 3.11. The second-order valence-corrected chi connectivity index (χ2v) is 7.63. The van der Waals surface area contributed by atoms with Crippen molar-refractivity contribution in [3.63, 3.8) is 0 Å². The average Bonchev–Trinajstić information content (AvgIpc) is 3.29. The monoisotopic (exact) mass is 380 g/mol. The molecule has 2 N–H and O–H groups in total. The first-order valence-electron chi connectivity index (χ1n) is 9.53. The highest BCUT2D eigenvalue weighted by Gasteiger charge is 2.31. The number of aryl methyl sites for hydroxylation is 1. The Morgan fingerprint density at radius 3 is 2.93 bits per heavy atom. The fourth-order valence-electron chi connectivity index (χ4n) is 3.54. The van der Waals surface area contributed by atoms with Crippen molar-refractivity contribution < 1.29 is 14.4 Å². The van der Waals surface area contributed by atoms with E-state index in [0.717, 1.165) is 36.1 Å². The van der Waals surface area contributed by atoms with E-state index >= 15 is 0 Å². The van der Waals surface area contributed by atoms with E-state index in [1.54, 1.807) is 19.2 Å². The van der Waals surface area contributed by atoms with Gasteiger partial charge in [-0.3, -0.25) is 9.48 Å². The fraction of sp³-hybridized carbons (Fsp3) is 0.381. The predicted molar refractivity (Wildman–Crippen MR) is 104 cm³/mol. The summed E-state index contributed by atoms with van der Waals surface area (Å²) >= 11 is 0. The quantitative estimate of drug-likeness (QED) is 0.685. The number of nitrogens with one attached hydrogen (secondary N) is 1. The van der Waals surface area contributed by atoms with Crippen LogP contribution in [0, 0.1) is 12.8 Å². The van der Waals surface area contributed by atoms with Gasteiger partial charge in [-0.1, -0.05) is 28.9 Å². The van der Waals surface area contributed by atoms with Gasteiger partial charge in [-0.05, 0) is 38.7 Å². The van der Waals surface area contributed by atoms with Crippen LogP contribution in [0.5, 0.6) is 0 Å². The first-order chi connectivity index (χ1) is 13.5. The van der Waals surface area contributed by atoms with Crippen LogP contribution in [0.2, 0.25) is 0 Å². The molecule has 3 aromatic rings. The van der Waals surface area contributed by atoms with Crippen LogP contribution in [-0.4, -0.2) is 32.0 Å². The van der Waals surface area contributed by atoms with E-state index in [9.17, 15) is 9.90 Å². The van der Waals surface area contributed by atoms with E-state index in [4.69, 9.17) is 4.52 Å². The van der Waals surface area contributed by atoms with Crippen molar-refractivity contribution in [2.75, 3.05) is 0 Å². The molecule has 7 heteroatoms. The normalized spacial score (nSPS) is 19.8. The van der Waals surface area contributed by atoms with Crippen LogP contribution in [0.4, 0.5) is 0 Å². The lowest BCUT2D eigenvalue weighted by Gasteiger charge is -2.35. The summed E-state index contributed by atoms with van der Waals surface area (Å²) in [6.45, 7) is 4.53. The van der Waals surface area contributed by atoms with Crippen LogP contribution in [0.25, 0.3) is 11.3 Å². The van der Waals surface area contributed by atoms with Crippen molar-refractivity contribution in [1.82, 2.24) is 20.3 Å². The number of hydrogen-bond acceptors (Lipinski definition) is 5. The van der Waals surface area contributed by atoms with Gasteiger partial charge in [0.15, 0.2) is 0 Å². The highest BCUT2D eigenvalue weighted by molar-refractivity contribution is 5.92. The summed E-state index contributed by atoms with van der Waals surface area (Å²) in [6.07, 6.45) is 4.85. The number of amides is 1. The zero-order valence-electron chi connectivity index (χ0n) is 16.0. The van der Waals surface area contributed by atoms with Gasteiger partial charge < -0.3 is 14.9 Å². The number of aliphatic hydroxyl groups excluding tert-OH is 1. The van der Waals surface area contributed by atoms with Crippen molar-refractivity contribution in [2.45, 2.75) is 45.4 Å². The summed E-state index contributed by atoms with van der Waals surface area (Å²) in [6, 6.07) is 9.74. The summed E-state index contributed by atoms with van der Waals surface area (Å²) in [4.78, 5) is 12.4. The molecule has 1 aliphatic carbocycles. The molecular weight excluding hydrogens is 356 g/mol. The van der Waals surface area contributed by atoms with Gasteiger partial charge in [-0.2, -0.15) is 5.10 Å². The maximum absolute atomic E-state index is 12.4. The molecule has 1 saturated carbocycles. The molecule has 7 nitrogen and oxygen atoms in total. The summed E-state index contributed by atoms with van der Waals surface area (Å²) in [5.41, 5.74) is 3.54. The average molecular weight is 380 g/mol. The van der Waals surface area contributed by atoms with E-state index in [0.29, 0.717) is 11.6 Å². The zero-order chi connectivity index (χ0) is 19.7. The molecule has 146 valence electrons. The third-order valence-electron chi connectivity index (χ3n) is 5.20. The van der Waals surface area contributed by atoms with E-state index < -0.39 is 6.10 Å². The lowest BCUT2D eigenvalue weighted by atomic mass is 9.80. The molecule has 1 fully saturated rings. The molecule has 1 unspecified atom stereocenters. The smallest absolute Gasteiger partial charge is 0.290 e. The molecule has 1 amide bonds. The van der Waals surface area contributed by atoms with Crippen molar-refractivity contribution in [1.29, 1.82) is 0 Å². The summed E-state index contributed by atoms with van der Waals surface area (Å²) in [5.74, 6) is 0.462. The topological polar surface area (TPSA) is 93.2 Å². The Morgan fingerprint density at radius 2 is 2.21 bits per heavy atom. The lowest BCUT2D eigenvalue weighted by molar-refractivity contribution is 0.0842. The van der Waals surface area contributed by atoms with Gasteiger partial charge >= 0.3 is 0 Å². The molecule has 0 aliphatic heterocycles. The Labute approximate surface area is 163 Å². The van der Waals surface area contributed by atoms with Crippen LogP contribution >= 0.6 is 0 Å². The minimum Gasteiger partial charge on any atom is -0.389 e. The molecule has 4 rings (SSSR count). The Bertz CT molecular complexity index is 969. The van der Waals surface area contributed by atoms with Crippen molar-refractivity contribution in [3.8, 4) is 11.3 Å². The largest absolute Gasteiger partial charge is 0.389 e. The van der Waals surface area contributed by atoms with Crippen LogP contribution in [0.1, 0.15) is 47.6 Å². The van der Waals surface area contributed by atoms with Crippen molar-refractivity contribution in [3.05, 3.63) is 59.6 Å². The van der Waals surface area contributed by atoms with E-state index in [1.807, 2.05) is 42.1 Å². The van der Waals surface area contributed by atoms with Gasteiger partial charge in [0.25, 0.3) is 5.91 Å². The maximum Gasteiger partial charge on any atom is 0.290 e. The highest BCUT2D eigenvalue weighted by Crippen LogP contribution is 2.29. The van der Waals surface area contributed by atoms with Gasteiger partial charge in [0.1, 0.15) is 5.69 Å². The molecule has 1 aliphatic rings. The van der Waals surface area contributed by atoms with Crippen LogP contribution in [0.3, 0.4) is 0 Å². The number of carbonyl (C=O) groups excluding carboxylic acids is 1. The fourth-order valence-corrected chi connectivity index (χ4v) is 3.54. The highest BCUT2D eigenvalue weighted by atomic mass is 16.5. The molecule has 0 bridgehead atoms. The first kappa shape index (κ1) is 18.4. The van der Waals surface area contributed by atoms with Gasteiger partial charge in [0.05, 0.1) is 12.3 Å². The summed E-state index contributed by atoms with van der Waals surface area (Å²) < 4.78 is 7.09. The van der Waals surface area contributed by atoms with Crippen molar-refractivity contribution >= 4 is 5.91 Å². The Kier molecular flexibility index (Phi) is 5.00. The molecule has 1 aromatic carbocycles. The molecule has 1 atom stereocenters. The van der Waals surface area contributed by atoms with E-state index in [1.165, 1.54) is 0 Å². The third-order valence-corrected chi connectivity index (χ3v) is 5.20. The zero-order valence-corrected chi connectivity index (χ0v) is 16.0. The second-order valence-electron chi connectivity index (χ2n) is 7.63. The number of carbonyl (C=O) groups is 1. The second kappa shape index (κ2) is 7.59. The molecule has 28 heavy (non-hydrogen) atoms. The Hall–Kier alpha value is -2.93. The standard InChI is InChI=1S/C21H24N4O3/c1-13-4-3-5-16(6-13)19-9-20(28-24-19)21(27)23-18-7-15(8-18)11-25-12-17(10-22-25)14(2)26/h3-6,9-10,12,14-15,18,26H,7-8,11H2,1-2H3,(H,23,27). The van der Waals surface area contributed by atoms with Crippen LogP contribution in [0.15, 0.2) is 47.2 Å². The van der Waals surface area contributed by atoms with Crippen LogP contribution < -0.4 is 5.32 Å². The molecular formula is C21H24N4O3. The minimum absolute atomic E-state index is 0.136. The summed E-state index contributed by atoms with van der Waals surface area (Å²) in [5, 5.41) is 20.9. The van der Waals surface area contributed by atoms with Crippen molar-refractivity contribution in [2.24, 2.45) is 5.92 Å². The lowest BCUT2D eigenvalue weighted by Crippen LogP contribution is -2.45. The number of nitrogens with zero attached hydrogens (tertiary/aromatic N) is 3. The first-order valence-corrected chi connectivity index (χ1v) is 9.53. The van der Waals surface area contributed by atoms with E-state index in [2.05, 4.69) is 15.6 Å². The molecule has 0 saturated heterocycles. The van der Waals surface area contributed by atoms with Gasteiger partial charge in [-0.25, -0.2) is 0 Å². The molecule has 0 spiro atoms. The number of aromatic nitrogens is 3. The maximum atomic E-state index is 12.4. The Morgan fingerprint density at radius 1 is 1.39 bits per heavy atom. The number of benzene rings is 1. The van der Waals surface area contributed by atoms with Gasteiger partial charge in [0, 0.05) is 36.0 Å². The van der Waals surface area contributed by atoms with Crippen LogP contribution in [-0.2, 0) is 6.54 Å². The number of hydrogen-bond donors (Lipinski definition) is 2. The molecule has 0 radical (unpaired) electrons. The third kappa shape index (κ3) is 3.99. The number of aliphatic hydroxyl groups is 1. The Balaban J connectivity index is 1.28. The number of rotatable bonds is 6. The molecule has 2 heterocycles. The van der Waals surface area contributed by atoms with Gasteiger partial charge in [0.2, 0.25) is 5.76 Å². The van der Waals surface area contributed by atoms with E-state index in [-0.39, 0.29) is 17.7 Å². The minimum atomic E-state index is -0.506. The van der Waals surface area contributed by atoms with Gasteiger partial charge in [-0.15, -0.1) is 0 Å². The summed E-state index contributed by atoms with van der Waals surface area (Å²) in [7, 11) is 0. The molecule has 2 aromatic heterocycles. The SMILES string of the molecule is Cc1cccc(-c2cc(C(=O)NC3CC(Cn4cc(C(C)O)cn4)C3)on2)c1.